The molecule has 0 bridgehead atoms. The van der Waals surface area contributed by atoms with E-state index in [9.17, 15) is 9.90 Å². The van der Waals surface area contributed by atoms with Gasteiger partial charge in [0.05, 0.1) is 0 Å². The van der Waals surface area contributed by atoms with Gasteiger partial charge in [-0.05, 0) is 30.3 Å². The smallest absolute Gasteiger partial charge is 0.280 e. The minimum Gasteiger partial charge on any atom is -0.369 e. The molecular weight excluding hydrogens is 304 g/mol. The number of hydrogen-bond acceptors (Lipinski definition) is 5. The Morgan fingerprint density at radius 3 is 2.77 bits per heavy atom. The van der Waals surface area contributed by atoms with Crippen molar-refractivity contribution in [3.63, 3.8) is 0 Å². The first-order valence-electron chi connectivity index (χ1n) is 6.55. The number of anilines is 1. The normalized spacial score (nSPS) is 17.1. The van der Waals surface area contributed by atoms with Crippen LogP contribution in [0.1, 0.15) is 22.3 Å². The van der Waals surface area contributed by atoms with Crippen molar-refractivity contribution in [1.29, 1.82) is 0 Å². The zero-order chi connectivity index (χ0) is 15.3. The highest BCUT2D eigenvalue weighted by Gasteiger charge is 2.38. The van der Waals surface area contributed by atoms with Gasteiger partial charge in [0.1, 0.15) is 16.7 Å². The summed E-state index contributed by atoms with van der Waals surface area (Å²) in [5, 5.41) is 11.5. The molecule has 1 aliphatic rings. The van der Waals surface area contributed by atoms with E-state index in [0.29, 0.717) is 22.2 Å². The van der Waals surface area contributed by atoms with Crippen LogP contribution in [0.2, 0.25) is 5.15 Å². The molecule has 1 amide bonds. The first-order valence-corrected chi connectivity index (χ1v) is 6.93. The van der Waals surface area contributed by atoms with Gasteiger partial charge in [-0.25, -0.2) is 9.97 Å². The van der Waals surface area contributed by atoms with Gasteiger partial charge in [-0.15, -0.1) is 0 Å². The fraction of sp³-hybridized carbons (Fsp3) is 0.0667. The predicted octanol–water partition coefficient (Wildman–Crippen LogP) is 2.33. The number of hydrogen-bond donors (Lipinski definition) is 1. The maximum Gasteiger partial charge on any atom is 0.280 e. The van der Waals surface area contributed by atoms with Crippen LogP contribution >= 0.6 is 11.6 Å². The summed E-state index contributed by atoms with van der Waals surface area (Å²) in [6.45, 7) is 0. The summed E-state index contributed by atoms with van der Waals surface area (Å²) >= 11 is 5.87. The molecule has 1 unspecified atom stereocenters. The number of carbonyl (C=O) groups excluding carboxylic acids is 1. The van der Waals surface area contributed by atoms with E-state index in [1.54, 1.807) is 36.4 Å². The summed E-state index contributed by atoms with van der Waals surface area (Å²) in [6, 6.07) is 10.2. The predicted molar refractivity (Wildman–Crippen MR) is 80.6 cm³/mol. The molecule has 22 heavy (non-hydrogen) atoms. The lowest BCUT2D eigenvalue weighted by molar-refractivity contribution is 0.0931. The van der Waals surface area contributed by atoms with Crippen molar-refractivity contribution in [2.75, 3.05) is 4.90 Å². The summed E-state index contributed by atoms with van der Waals surface area (Å²) in [6.07, 6.45) is 0.405. The van der Waals surface area contributed by atoms with E-state index in [0.717, 1.165) is 5.39 Å². The van der Waals surface area contributed by atoms with Crippen molar-refractivity contribution in [3.8, 4) is 0 Å². The number of aliphatic hydroxyl groups is 1. The van der Waals surface area contributed by atoms with Gasteiger partial charge in [0, 0.05) is 17.1 Å². The van der Waals surface area contributed by atoms with E-state index in [2.05, 4.69) is 15.0 Å². The molecule has 3 aromatic rings. The second-order valence-electron chi connectivity index (χ2n) is 4.84. The second-order valence-corrected chi connectivity index (χ2v) is 5.23. The topological polar surface area (TPSA) is 79.2 Å². The molecule has 0 aromatic carbocycles. The monoisotopic (exact) mass is 312 g/mol. The maximum atomic E-state index is 12.4. The Bertz CT molecular complexity index is 915. The number of amides is 1. The molecule has 0 aliphatic carbocycles. The van der Waals surface area contributed by atoms with E-state index >= 15 is 0 Å². The molecule has 1 atom stereocenters. The summed E-state index contributed by atoms with van der Waals surface area (Å²) in [5.41, 5.74) is 1.11. The second kappa shape index (κ2) is 4.72. The highest BCUT2D eigenvalue weighted by Crippen LogP contribution is 2.34. The van der Waals surface area contributed by atoms with Gasteiger partial charge in [-0.3, -0.25) is 14.7 Å². The molecule has 3 aromatic heterocycles. The number of carbonyl (C=O) groups is 1. The van der Waals surface area contributed by atoms with E-state index in [1.807, 2.05) is 0 Å². The lowest BCUT2D eigenvalue weighted by Crippen LogP contribution is -2.28. The summed E-state index contributed by atoms with van der Waals surface area (Å²) in [7, 11) is 0. The number of rotatable bonds is 1. The van der Waals surface area contributed by atoms with Crippen LogP contribution in [0.15, 0.2) is 42.6 Å². The van der Waals surface area contributed by atoms with Crippen molar-refractivity contribution in [1.82, 2.24) is 15.0 Å². The molecule has 6 nitrogen and oxygen atoms in total. The van der Waals surface area contributed by atoms with Crippen LogP contribution in [-0.4, -0.2) is 26.0 Å². The van der Waals surface area contributed by atoms with Crippen LogP contribution < -0.4 is 4.90 Å². The Kier molecular flexibility index (Phi) is 2.82. The van der Waals surface area contributed by atoms with Gasteiger partial charge in [-0.1, -0.05) is 17.7 Å². The fourth-order valence-corrected chi connectivity index (χ4v) is 2.64. The lowest BCUT2D eigenvalue weighted by Gasteiger charge is -2.19. The third-order valence-electron chi connectivity index (χ3n) is 3.53. The minimum atomic E-state index is -1.11. The molecule has 4 rings (SSSR count). The van der Waals surface area contributed by atoms with Crippen molar-refractivity contribution in [2.45, 2.75) is 6.23 Å². The fourth-order valence-electron chi connectivity index (χ4n) is 2.50. The van der Waals surface area contributed by atoms with Crippen LogP contribution in [-0.2, 0) is 0 Å². The summed E-state index contributed by atoms with van der Waals surface area (Å²) in [5.74, 6) is -0.0882. The van der Waals surface area contributed by atoms with E-state index in [-0.39, 0.29) is 5.69 Å². The van der Waals surface area contributed by atoms with Crippen LogP contribution in [0, 0.1) is 0 Å². The van der Waals surface area contributed by atoms with Crippen LogP contribution in [0.3, 0.4) is 0 Å². The summed E-state index contributed by atoms with van der Waals surface area (Å²) in [4.78, 5) is 26.1. The molecule has 0 spiro atoms. The van der Waals surface area contributed by atoms with Gasteiger partial charge in [0.25, 0.3) is 5.91 Å². The molecule has 1 aliphatic heterocycles. The molecule has 7 heteroatoms. The third kappa shape index (κ3) is 1.85. The SMILES string of the molecule is O=C1c2ncccc2C(O)N1c1ccc2ccc(Cl)nc2n1. The van der Waals surface area contributed by atoms with Crippen molar-refractivity contribution >= 4 is 34.4 Å². The van der Waals surface area contributed by atoms with Crippen LogP contribution in [0.25, 0.3) is 11.0 Å². The van der Waals surface area contributed by atoms with Crippen molar-refractivity contribution < 1.29 is 9.90 Å². The molecule has 0 fully saturated rings. The number of pyridine rings is 3. The Morgan fingerprint density at radius 1 is 1.14 bits per heavy atom. The number of aromatic nitrogens is 3. The van der Waals surface area contributed by atoms with Crippen molar-refractivity contribution in [2.24, 2.45) is 0 Å². The Morgan fingerprint density at radius 2 is 1.95 bits per heavy atom. The average Bonchev–Trinajstić information content (AvgIpc) is 2.79. The van der Waals surface area contributed by atoms with E-state index in [4.69, 9.17) is 11.6 Å². The number of nitrogens with zero attached hydrogens (tertiary/aromatic N) is 4. The van der Waals surface area contributed by atoms with Gasteiger partial charge >= 0.3 is 0 Å². The number of halogens is 1. The highest BCUT2D eigenvalue weighted by atomic mass is 35.5. The van der Waals surface area contributed by atoms with Gasteiger partial charge < -0.3 is 5.11 Å². The molecule has 0 saturated heterocycles. The van der Waals surface area contributed by atoms with Crippen LogP contribution in [0.4, 0.5) is 5.82 Å². The third-order valence-corrected chi connectivity index (χ3v) is 3.74. The van der Waals surface area contributed by atoms with E-state index in [1.165, 1.54) is 11.1 Å². The van der Waals surface area contributed by atoms with E-state index < -0.39 is 12.1 Å². The quantitative estimate of drug-likeness (QED) is 0.698. The Labute approximate surface area is 130 Å². The Balaban J connectivity index is 1.84. The molecule has 4 heterocycles. The lowest BCUT2D eigenvalue weighted by atomic mass is 10.2. The highest BCUT2D eigenvalue weighted by molar-refractivity contribution is 6.29. The first-order chi connectivity index (χ1) is 10.6. The standard InChI is InChI=1S/C15H9ClN4O2/c16-10-5-3-8-4-6-11(19-13(8)18-10)20-14(21)9-2-1-7-17-12(9)15(20)22/h1-7,14,21H. The van der Waals surface area contributed by atoms with Crippen molar-refractivity contribution in [3.05, 3.63) is 59.0 Å². The molecule has 1 N–H and O–H groups in total. The zero-order valence-corrected chi connectivity index (χ0v) is 11.9. The minimum absolute atomic E-state index is 0.232. The maximum absolute atomic E-state index is 12.4. The molecule has 108 valence electrons. The average molecular weight is 313 g/mol. The Hall–Kier alpha value is -2.57. The number of fused-ring (bicyclic) bond motifs is 2. The zero-order valence-electron chi connectivity index (χ0n) is 11.1. The number of aliphatic hydroxyl groups excluding tert-OH is 1. The molecule has 0 radical (unpaired) electrons. The van der Waals surface area contributed by atoms with Gasteiger partial charge in [0.15, 0.2) is 11.9 Å². The first kappa shape index (κ1) is 13.1. The summed E-state index contributed by atoms with van der Waals surface area (Å²) < 4.78 is 0. The largest absolute Gasteiger partial charge is 0.369 e. The van der Waals surface area contributed by atoms with Crippen LogP contribution in [0.5, 0.6) is 0 Å². The molecular formula is C15H9ClN4O2. The van der Waals surface area contributed by atoms with Gasteiger partial charge in [0.2, 0.25) is 0 Å². The molecule has 0 saturated carbocycles. The van der Waals surface area contributed by atoms with Gasteiger partial charge in [-0.2, -0.15) is 0 Å².